The molecule has 1 N–H and O–H groups in total. The first-order valence-corrected chi connectivity index (χ1v) is 6.01. The summed E-state index contributed by atoms with van der Waals surface area (Å²) in [4.78, 5) is 22.4. The van der Waals surface area contributed by atoms with E-state index in [0.29, 0.717) is 5.82 Å². The third kappa shape index (κ3) is 2.33. The largest absolute Gasteiger partial charge is 0.306 e. The number of aromatic nitrogens is 3. The van der Waals surface area contributed by atoms with Crippen molar-refractivity contribution in [3.8, 4) is 22.6 Å². The van der Waals surface area contributed by atoms with Crippen LogP contribution in [0.2, 0.25) is 0 Å². The Balaban J connectivity index is 2.18. The second kappa shape index (κ2) is 5.05. The molecule has 0 bridgehead atoms. The molecular formula is C15H10FN3O. The minimum atomic E-state index is -0.510. The average molecular weight is 267 g/mol. The standard InChI is InChI=1S/C15H10FN3O/c16-12-9-17-7-6-11(12)13-8-14(20)19-15(18-13)10-4-2-1-3-5-10/h1-9H,(H,18,19,20). The summed E-state index contributed by atoms with van der Waals surface area (Å²) in [5.41, 5.74) is 0.974. The summed E-state index contributed by atoms with van der Waals surface area (Å²) in [5.74, 6) is -0.103. The van der Waals surface area contributed by atoms with Crippen LogP contribution in [0.15, 0.2) is 59.7 Å². The summed E-state index contributed by atoms with van der Waals surface area (Å²) < 4.78 is 13.7. The molecule has 0 aliphatic carbocycles. The Bertz CT molecular complexity index is 799. The SMILES string of the molecule is O=c1cc(-c2ccncc2F)nc(-c2ccccc2)[nH]1. The molecule has 2 heterocycles. The number of nitrogens with one attached hydrogen (secondary N) is 1. The minimum Gasteiger partial charge on any atom is -0.306 e. The summed E-state index contributed by atoms with van der Waals surface area (Å²) >= 11 is 0. The molecular weight excluding hydrogens is 257 g/mol. The monoisotopic (exact) mass is 267 g/mol. The van der Waals surface area contributed by atoms with E-state index in [2.05, 4.69) is 15.0 Å². The predicted molar refractivity (Wildman–Crippen MR) is 73.5 cm³/mol. The Morgan fingerprint density at radius 3 is 2.65 bits per heavy atom. The van der Waals surface area contributed by atoms with Crippen LogP contribution in [-0.2, 0) is 0 Å². The van der Waals surface area contributed by atoms with Crippen molar-refractivity contribution in [2.24, 2.45) is 0 Å². The van der Waals surface area contributed by atoms with Crippen LogP contribution in [0.4, 0.5) is 4.39 Å². The highest BCUT2D eigenvalue weighted by Gasteiger charge is 2.09. The fraction of sp³-hybridized carbons (Fsp3) is 0. The lowest BCUT2D eigenvalue weighted by molar-refractivity contribution is 0.624. The van der Waals surface area contributed by atoms with E-state index in [1.807, 2.05) is 30.3 Å². The maximum Gasteiger partial charge on any atom is 0.251 e. The van der Waals surface area contributed by atoms with Crippen LogP contribution in [0.25, 0.3) is 22.6 Å². The molecule has 0 saturated heterocycles. The maximum absolute atomic E-state index is 13.7. The Hall–Kier alpha value is -2.82. The zero-order valence-corrected chi connectivity index (χ0v) is 10.4. The summed E-state index contributed by atoms with van der Waals surface area (Å²) in [7, 11) is 0. The number of H-pyrrole nitrogens is 1. The lowest BCUT2D eigenvalue weighted by Crippen LogP contribution is -2.09. The number of hydrogen-bond donors (Lipinski definition) is 1. The van der Waals surface area contributed by atoms with E-state index in [1.54, 1.807) is 0 Å². The summed E-state index contributed by atoms with van der Waals surface area (Å²) in [5, 5.41) is 0. The van der Waals surface area contributed by atoms with Crippen molar-refractivity contribution in [2.75, 3.05) is 0 Å². The van der Waals surface area contributed by atoms with Gasteiger partial charge in [-0.2, -0.15) is 0 Å². The molecule has 0 atom stereocenters. The molecule has 5 heteroatoms. The van der Waals surface area contributed by atoms with Crippen LogP contribution in [0.3, 0.4) is 0 Å². The molecule has 0 saturated carbocycles. The van der Waals surface area contributed by atoms with Gasteiger partial charge < -0.3 is 4.98 Å². The van der Waals surface area contributed by atoms with Gasteiger partial charge in [-0.25, -0.2) is 9.37 Å². The molecule has 4 nitrogen and oxygen atoms in total. The molecule has 2 aromatic heterocycles. The molecule has 98 valence electrons. The number of hydrogen-bond acceptors (Lipinski definition) is 3. The van der Waals surface area contributed by atoms with Gasteiger partial charge in [0.2, 0.25) is 0 Å². The van der Waals surface area contributed by atoms with Gasteiger partial charge in [-0.1, -0.05) is 30.3 Å². The lowest BCUT2D eigenvalue weighted by atomic mass is 10.1. The van der Waals surface area contributed by atoms with Crippen LogP contribution >= 0.6 is 0 Å². The van der Waals surface area contributed by atoms with E-state index < -0.39 is 5.82 Å². The van der Waals surface area contributed by atoms with E-state index in [-0.39, 0.29) is 16.8 Å². The summed E-state index contributed by atoms with van der Waals surface area (Å²) in [6, 6.07) is 12.0. The van der Waals surface area contributed by atoms with E-state index >= 15 is 0 Å². The van der Waals surface area contributed by atoms with Crippen LogP contribution in [0.5, 0.6) is 0 Å². The Labute approximate surface area is 114 Å². The van der Waals surface area contributed by atoms with Gasteiger partial charge in [0.15, 0.2) is 5.82 Å². The maximum atomic E-state index is 13.7. The molecule has 0 radical (unpaired) electrons. The van der Waals surface area contributed by atoms with Crippen molar-refractivity contribution in [3.05, 3.63) is 71.0 Å². The third-order valence-corrected chi connectivity index (χ3v) is 2.84. The zero-order chi connectivity index (χ0) is 13.9. The third-order valence-electron chi connectivity index (χ3n) is 2.84. The molecule has 1 aromatic carbocycles. The Morgan fingerprint density at radius 2 is 1.90 bits per heavy atom. The molecule has 0 amide bonds. The normalized spacial score (nSPS) is 10.4. The van der Waals surface area contributed by atoms with Crippen molar-refractivity contribution in [3.63, 3.8) is 0 Å². The van der Waals surface area contributed by atoms with Crippen LogP contribution in [-0.4, -0.2) is 15.0 Å². The number of halogens is 1. The van der Waals surface area contributed by atoms with Crippen LogP contribution < -0.4 is 5.56 Å². The first-order chi connectivity index (χ1) is 9.74. The van der Waals surface area contributed by atoms with E-state index in [4.69, 9.17) is 0 Å². The zero-order valence-electron chi connectivity index (χ0n) is 10.4. The predicted octanol–water partition coefficient (Wildman–Crippen LogP) is 2.64. The fourth-order valence-corrected chi connectivity index (χ4v) is 1.91. The van der Waals surface area contributed by atoms with Crippen LogP contribution in [0.1, 0.15) is 0 Å². The number of nitrogens with zero attached hydrogens (tertiary/aromatic N) is 2. The van der Waals surface area contributed by atoms with Gasteiger partial charge in [0.1, 0.15) is 5.82 Å². The van der Waals surface area contributed by atoms with Gasteiger partial charge in [0, 0.05) is 23.4 Å². The number of aromatic amines is 1. The first kappa shape index (κ1) is 12.2. The van der Waals surface area contributed by atoms with Crippen molar-refractivity contribution < 1.29 is 4.39 Å². The quantitative estimate of drug-likeness (QED) is 0.776. The lowest BCUT2D eigenvalue weighted by Gasteiger charge is -2.05. The van der Waals surface area contributed by atoms with E-state index in [9.17, 15) is 9.18 Å². The smallest absolute Gasteiger partial charge is 0.251 e. The number of benzene rings is 1. The molecule has 0 fully saturated rings. The van der Waals surface area contributed by atoms with Crippen molar-refractivity contribution in [2.45, 2.75) is 0 Å². The van der Waals surface area contributed by atoms with Crippen molar-refractivity contribution in [1.82, 2.24) is 15.0 Å². The van der Waals surface area contributed by atoms with Crippen molar-refractivity contribution in [1.29, 1.82) is 0 Å². The highest BCUT2D eigenvalue weighted by atomic mass is 19.1. The number of rotatable bonds is 2. The molecule has 20 heavy (non-hydrogen) atoms. The first-order valence-electron chi connectivity index (χ1n) is 6.01. The molecule has 0 unspecified atom stereocenters. The number of pyridine rings is 1. The highest BCUT2D eigenvalue weighted by molar-refractivity contribution is 5.63. The van der Waals surface area contributed by atoms with Gasteiger partial charge in [-0.05, 0) is 6.07 Å². The van der Waals surface area contributed by atoms with Gasteiger partial charge in [-0.15, -0.1) is 0 Å². The average Bonchev–Trinajstić information content (AvgIpc) is 2.48. The van der Waals surface area contributed by atoms with E-state index in [1.165, 1.54) is 18.3 Å². The molecule has 3 aromatic rings. The summed E-state index contributed by atoms with van der Waals surface area (Å²) in [6.07, 6.45) is 2.56. The van der Waals surface area contributed by atoms with Crippen molar-refractivity contribution >= 4 is 0 Å². The summed E-state index contributed by atoms with van der Waals surface area (Å²) in [6.45, 7) is 0. The minimum absolute atomic E-state index is 0.253. The Morgan fingerprint density at radius 1 is 1.10 bits per heavy atom. The topological polar surface area (TPSA) is 58.6 Å². The Kier molecular flexibility index (Phi) is 3.09. The fourth-order valence-electron chi connectivity index (χ4n) is 1.91. The molecule has 0 aliphatic rings. The molecule has 3 rings (SSSR count). The second-order valence-corrected chi connectivity index (χ2v) is 4.20. The molecule has 0 aliphatic heterocycles. The van der Waals surface area contributed by atoms with Crippen LogP contribution in [0, 0.1) is 5.82 Å². The van der Waals surface area contributed by atoms with E-state index in [0.717, 1.165) is 11.8 Å². The van der Waals surface area contributed by atoms with Gasteiger partial charge in [0.05, 0.1) is 11.9 Å². The second-order valence-electron chi connectivity index (χ2n) is 4.20. The molecule has 0 spiro atoms. The van der Waals surface area contributed by atoms with Gasteiger partial charge >= 0.3 is 0 Å². The van der Waals surface area contributed by atoms with Gasteiger partial charge in [-0.3, -0.25) is 9.78 Å². The van der Waals surface area contributed by atoms with Gasteiger partial charge in [0.25, 0.3) is 5.56 Å². The highest BCUT2D eigenvalue weighted by Crippen LogP contribution is 2.21.